The van der Waals surface area contributed by atoms with Crippen LogP contribution < -0.4 is 10.6 Å². The Kier molecular flexibility index (Phi) is 2.92. The van der Waals surface area contributed by atoms with Crippen LogP contribution >= 0.6 is 0 Å². The molecule has 4 nitrogen and oxygen atoms in total. The predicted molar refractivity (Wildman–Crippen MR) is 73.8 cm³/mol. The molecule has 94 valence electrons. The number of anilines is 2. The summed E-state index contributed by atoms with van der Waals surface area (Å²) in [6, 6.07) is 10.6. The SMILES string of the molecule is Cn1nccc1NCC1CNc2ccccc2C1. The molecule has 2 heterocycles. The molecule has 2 N–H and O–H groups in total. The third-order valence-electron chi connectivity index (χ3n) is 3.50. The lowest BCUT2D eigenvalue weighted by Gasteiger charge is -2.26. The van der Waals surface area contributed by atoms with Crippen molar-refractivity contribution >= 4 is 11.5 Å². The number of nitrogens with zero attached hydrogens (tertiary/aromatic N) is 2. The van der Waals surface area contributed by atoms with Gasteiger partial charge in [0, 0.05) is 31.9 Å². The molecule has 0 aliphatic carbocycles. The number of benzene rings is 1. The molecule has 1 aromatic carbocycles. The number of aromatic nitrogens is 2. The third-order valence-corrected chi connectivity index (χ3v) is 3.50. The number of rotatable bonds is 3. The van der Waals surface area contributed by atoms with Gasteiger partial charge in [-0.15, -0.1) is 0 Å². The number of hydrogen-bond acceptors (Lipinski definition) is 3. The molecule has 2 aromatic rings. The summed E-state index contributed by atoms with van der Waals surface area (Å²) in [5.74, 6) is 1.70. The molecule has 1 aromatic heterocycles. The fraction of sp³-hybridized carbons (Fsp3) is 0.357. The highest BCUT2D eigenvalue weighted by Gasteiger charge is 2.17. The molecule has 0 radical (unpaired) electrons. The molecule has 1 atom stereocenters. The van der Waals surface area contributed by atoms with Crippen LogP contribution in [0.5, 0.6) is 0 Å². The van der Waals surface area contributed by atoms with Gasteiger partial charge in [0.25, 0.3) is 0 Å². The minimum atomic E-state index is 0.620. The van der Waals surface area contributed by atoms with Crippen molar-refractivity contribution in [3.63, 3.8) is 0 Å². The summed E-state index contributed by atoms with van der Waals surface area (Å²) in [6.45, 7) is 2.00. The van der Waals surface area contributed by atoms with E-state index in [1.54, 1.807) is 0 Å². The van der Waals surface area contributed by atoms with E-state index < -0.39 is 0 Å². The maximum Gasteiger partial charge on any atom is 0.123 e. The Morgan fingerprint density at radius 2 is 2.28 bits per heavy atom. The maximum atomic E-state index is 4.15. The zero-order chi connectivity index (χ0) is 12.4. The summed E-state index contributed by atoms with van der Waals surface area (Å²) in [5.41, 5.74) is 2.70. The van der Waals surface area contributed by atoms with Crippen LogP contribution in [0.2, 0.25) is 0 Å². The maximum absolute atomic E-state index is 4.15. The van der Waals surface area contributed by atoms with E-state index >= 15 is 0 Å². The molecule has 1 aliphatic rings. The smallest absolute Gasteiger partial charge is 0.123 e. The van der Waals surface area contributed by atoms with Crippen molar-refractivity contribution in [3.8, 4) is 0 Å². The van der Waals surface area contributed by atoms with Gasteiger partial charge in [-0.05, 0) is 24.0 Å². The summed E-state index contributed by atoms with van der Waals surface area (Å²) in [6.07, 6.45) is 2.95. The van der Waals surface area contributed by atoms with Gasteiger partial charge in [0.1, 0.15) is 5.82 Å². The second-order valence-electron chi connectivity index (χ2n) is 4.83. The molecule has 1 unspecified atom stereocenters. The fourth-order valence-electron chi connectivity index (χ4n) is 2.45. The molecule has 0 amide bonds. The first-order valence-corrected chi connectivity index (χ1v) is 6.36. The molecule has 3 rings (SSSR count). The Hall–Kier alpha value is -1.97. The van der Waals surface area contributed by atoms with Gasteiger partial charge in [-0.1, -0.05) is 18.2 Å². The van der Waals surface area contributed by atoms with Crippen molar-refractivity contribution in [3.05, 3.63) is 42.1 Å². The second-order valence-corrected chi connectivity index (χ2v) is 4.83. The van der Waals surface area contributed by atoms with Crippen molar-refractivity contribution in [2.75, 3.05) is 23.7 Å². The zero-order valence-electron chi connectivity index (χ0n) is 10.6. The van der Waals surface area contributed by atoms with E-state index in [-0.39, 0.29) is 0 Å². The predicted octanol–water partition coefficient (Wildman–Crippen LogP) is 2.12. The highest BCUT2D eigenvalue weighted by molar-refractivity contribution is 5.53. The topological polar surface area (TPSA) is 41.9 Å². The number of aryl methyl sites for hydroxylation is 1. The minimum absolute atomic E-state index is 0.620. The van der Waals surface area contributed by atoms with E-state index in [1.165, 1.54) is 11.3 Å². The molecule has 0 spiro atoms. The lowest BCUT2D eigenvalue weighted by molar-refractivity contribution is 0.563. The quantitative estimate of drug-likeness (QED) is 0.866. The molecular formula is C14H18N4. The molecule has 18 heavy (non-hydrogen) atoms. The lowest BCUT2D eigenvalue weighted by Crippen LogP contribution is -2.29. The van der Waals surface area contributed by atoms with Gasteiger partial charge in [-0.25, -0.2) is 0 Å². The first kappa shape index (κ1) is 11.1. The summed E-state index contributed by atoms with van der Waals surface area (Å²) < 4.78 is 1.87. The van der Waals surface area contributed by atoms with Gasteiger partial charge < -0.3 is 10.6 Å². The van der Waals surface area contributed by atoms with Crippen molar-refractivity contribution in [2.24, 2.45) is 13.0 Å². The van der Waals surface area contributed by atoms with Crippen molar-refractivity contribution in [2.45, 2.75) is 6.42 Å². The lowest BCUT2D eigenvalue weighted by atomic mass is 9.94. The van der Waals surface area contributed by atoms with Crippen LogP contribution in [0.4, 0.5) is 11.5 Å². The molecular weight excluding hydrogens is 224 g/mol. The first-order valence-electron chi connectivity index (χ1n) is 6.36. The highest BCUT2D eigenvalue weighted by Crippen LogP contribution is 2.24. The van der Waals surface area contributed by atoms with Gasteiger partial charge in [0.05, 0.1) is 6.20 Å². The van der Waals surface area contributed by atoms with E-state index in [9.17, 15) is 0 Å². The number of para-hydroxylation sites is 1. The molecule has 0 saturated carbocycles. The summed E-state index contributed by atoms with van der Waals surface area (Å²) in [4.78, 5) is 0. The normalized spacial score (nSPS) is 17.9. The van der Waals surface area contributed by atoms with Crippen molar-refractivity contribution in [1.82, 2.24) is 9.78 Å². The minimum Gasteiger partial charge on any atom is -0.384 e. The Labute approximate surface area is 107 Å². The molecule has 0 saturated heterocycles. The Balaban J connectivity index is 1.61. The van der Waals surface area contributed by atoms with Crippen LogP contribution in [0.15, 0.2) is 36.5 Å². The van der Waals surface area contributed by atoms with Crippen LogP contribution in [0, 0.1) is 5.92 Å². The Morgan fingerprint density at radius 1 is 1.39 bits per heavy atom. The summed E-state index contributed by atoms with van der Waals surface area (Å²) in [7, 11) is 1.96. The molecule has 1 aliphatic heterocycles. The van der Waals surface area contributed by atoms with Gasteiger partial charge in [0.15, 0.2) is 0 Å². The third kappa shape index (κ3) is 2.18. The first-order chi connectivity index (χ1) is 8.83. The molecule has 0 bridgehead atoms. The van der Waals surface area contributed by atoms with Crippen molar-refractivity contribution < 1.29 is 0 Å². The van der Waals surface area contributed by atoms with Crippen LogP contribution in [-0.4, -0.2) is 22.9 Å². The van der Waals surface area contributed by atoms with E-state index in [0.717, 1.165) is 25.3 Å². The summed E-state index contributed by atoms with van der Waals surface area (Å²) >= 11 is 0. The second kappa shape index (κ2) is 4.72. The van der Waals surface area contributed by atoms with Gasteiger partial charge in [-0.3, -0.25) is 4.68 Å². The average Bonchev–Trinajstić information content (AvgIpc) is 2.82. The summed E-state index contributed by atoms with van der Waals surface area (Å²) in [5, 5.41) is 11.1. The van der Waals surface area contributed by atoms with Gasteiger partial charge >= 0.3 is 0 Å². The molecule has 0 fully saturated rings. The van der Waals surface area contributed by atoms with Crippen molar-refractivity contribution in [1.29, 1.82) is 0 Å². The number of hydrogen-bond donors (Lipinski definition) is 2. The van der Waals surface area contributed by atoms with Crippen LogP contribution in [-0.2, 0) is 13.5 Å². The zero-order valence-corrected chi connectivity index (χ0v) is 10.6. The Bertz CT molecular complexity index is 532. The Morgan fingerprint density at radius 3 is 3.11 bits per heavy atom. The van der Waals surface area contributed by atoms with E-state index in [2.05, 4.69) is 40.0 Å². The highest BCUT2D eigenvalue weighted by atomic mass is 15.3. The van der Waals surface area contributed by atoms with Crippen LogP contribution in [0.25, 0.3) is 0 Å². The number of nitrogens with one attached hydrogen (secondary N) is 2. The van der Waals surface area contributed by atoms with E-state index in [1.807, 2.05) is 24.0 Å². The fourth-order valence-corrected chi connectivity index (χ4v) is 2.45. The van der Waals surface area contributed by atoms with E-state index in [4.69, 9.17) is 0 Å². The van der Waals surface area contributed by atoms with Gasteiger partial charge in [-0.2, -0.15) is 5.10 Å². The standard InChI is InChI=1S/C14H18N4/c1-18-14(6-7-17-18)16-10-11-8-12-4-2-3-5-13(12)15-9-11/h2-7,11,15-16H,8-10H2,1H3. The van der Waals surface area contributed by atoms with E-state index in [0.29, 0.717) is 5.92 Å². The monoisotopic (exact) mass is 242 g/mol. The van der Waals surface area contributed by atoms with Crippen LogP contribution in [0.1, 0.15) is 5.56 Å². The average molecular weight is 242 g/mol. The van der Waals surface area contributed by atoms with Crippen LogP contribution in [0.3, 0.4) is 0 Å². The number of fused-ring (bicyclic) bond motifs is 1. The molecule has 4 heteroatoms. The van der Waals surface area contributed by atoms with Gasteiger partial charge in [0.2, 0.25) is 0 Å². The largest absolute Gasteiger partial charge is 0.384 e.